The summed E-state index contributed by atoms with van der Waals surface area (Å²) < 4.78 is 5.12. The summed E-state index contributed by atoms with van der Waals surface area (Å²) in [5, 5.41) is 0. The number of methoxy groups -OCH3 is 1. The van der Waals surface area contributed by atoms with E-state index in [4.69, 9.17) is 9.72 Å². The molecule has 0 unspecified atom stereocenters. The van der Waals surface area contributed by atoms with Crippen molar-refractivity contribution in [3.05, 3.63) is 17.6 Å². The number of hydrogen-bond acceptors (Lipinski definition) is 6. The molecular weight excluding hydrogens is 382 g/mol. The van der Waals surface area contributed by atoms with Gasteiger partial charge in [-0.25, -0.2) is 9.97 Å². The summed E-state index contributed by atoms with van der Waals surface area (Å²) in [6.45, 7) is 2.16. The van der Waals surface area contributed by atoms with Crippen LogP contribution in [0.5, 0.6) is 0 Å². The van der Waals surface area contributed by atoms with E-state index < -0.39 is 0 Å². The van der Waals surface area contributed by atoms with E-state index in [9.17, 15) is 9.59 Å². The Balaban J connectivity index is 1.74. The molecule has 2 heterocycles. The predicted octanol–water partition coefficient (Wildman–Crippen LogP) is 2.04. The monoisotopic (exact) mass is 417 g/mol. The molecule has 8 nitrogen and oxygen atoms in total. The molecule has 0 N–H and O–H groups in total. The van der Waals surface area contributed by atoms with Crippen molar-refractivity contribution >= 4 is 17.6 Å². The Bertz CT molecular complexity index is 748. The lowest BCUT2D eigenvalue weighted by molar-refractivity contribution is -0.135. The Morgan fingerprint density at radius 3 is 2.60 bits per heavy atom. The molecule has 0 bridgehead atoms. The lowest BCUT2D eigenvalue weighted by Gasteiger charge is -2.26. The number of carbonyl (C=O) groups is 2. The van der Waals surface area contributed by atoms with Crippen molar-refractivity contribution in [2.45, 2.75) is 51.0 Å². The van der Waals surface area contributed by atoms with Gasteiger partial charge in [0.1, 0.15) is 11.6 Å². The van der Waals surface area contributed by atoms with Gasteiger partial charge in [0, 0.05) is 65.7 Å². The number of rotatable bonds is 8. The highest BCUT2D eigenvalue weighted by atomic mass is 16.5. The van der Waals surface area contributed by atoms with E-state index in [1.807, 2.05) is 37.0 Å². The molecule has 30 heavy (non-hydrogen) atoms. The second-order valence-corrected chi connectivity index (χ2v) is 8.72. The SMILES string of the molecule is COCCN1C[C@H](c2cc(N(C)C)nc(CN(C)C(=O)C3CCCCC3)n2)CC1=O. The van der Waals surface area contributed by atoms with Gasteiger partial charge in [-0.3, -0.25) is 9.59 Å². The minimum absolute atomic E-state index is 0.0363. The Morgan fingerprint density at radius 1 is 1.20 bits per heavy atom. The van der Waals surface area contributed by atoms with Crippen LogP contribution in [0.2, 0.25) is 0 Å². The predicted molar refractivity (Wildman–Crippen MR) is 115 cm³/mol. The van der Waals surface area contributed by atoms with Gasteiger partial charge in [-0.1, -0.05) is 19.3 Å². The molecule has 1 aliphatic carbocycles. The zero-order valence-electron chi connectivity index (χ0n) is 18.8. The fourth-order valence-corrected chi connectivity index (χ4v) is 4.35. The number of hydrogen-bond donors (Lipinski definition) is 0. The number of likely N-dealkylation sites (tertiary alicyclic amines) is 1. The standard InChI is InChI=1S/C22H35N5O3/c1-25(2)20-13-18(17-12-21(28)27(14-17)10-11-30-4)23-19(24-20)15-26(3)22(29)16-8-6-5-7-9-16/h13,16-17H,5-12,14-15H2,1-4H3/t17-/m1/s1. The molecule has 2 amide bonds. The van der Waals surface area contributed by atoms with Crippen molar-refractivity contribution in [1.29, 1.82) is 0 Å². The Labute approximate surface area is 179 Å². The topological polar surface area (TPSA) is 78.9 Å². The highest BCUT2D eigenvalue weighted by molar-refractivity contribution is 5.80. The van der Waals surface area contributed by atoms with Crippen molar-refractivity contribution in [3.63, 3.8) is 0 Å². The summed E-state index contributed by atoms with van der Waals surface area (Å²) in [4.78, 5) is 40.2. The molecular formula is C22H35N5O3. The van der Waals surface area contributed by atoms with Crippen LogP contribution >= 0.6 is 0 Å². The lowest BCUT2D eigenvalue weighted by atomic mass is 9.88. The number of amides is 2. The number of aromatic nitrogens is 2. The minimum Gasteiger partial charge on any atom is -0.383 e. The maximum absolute atomic E-state index is 12.8. The normalized spacial score (nSPS) is 19.9. The van der Waals surface area contributed by atoms with Crippen molar-refractivity contribution in [2.24, 2.45) is 5.92 Å². The van der Waals surface area contributed by atoms with Gasteiger partial charge in [0.05, 0.1) is 18.8 Å². The van der Waals surface area contributed by atoms with Crippen LogP contribution in [0.25, 0.3) is 0 Å². The molecule has 1 aromatic rings. The third-order valence-electron chi connectivity index (χ3n) is 6.14. The number of carbonyl (C=O) groups excluding carboxylic acids is 2. The average Bonchev–Trinajstić information content (AvgIpc) is 3.12. The maximum atomic E-state index is 12.8. The molecule has 2 fully saturated rings. The Kier molecular flexibility index (Phi) is 7.64. The summed E-state index contributed by atoms with van der Waals surface area (Å²) in [5.74, 6) is 1.92. The van der Waals surface area contributed by atoms with Gasteiger partial charge in [-0.2, -0.15) is 0 Å². The first-order valence-corrected chi connectivity index (χ1v) is 11.0. The van der Waals surface area contributed by atoms with E-state index >= 15 is 0 Å². The van der Waals surface area contributed by atoms with E-state index in [1.54, 1.807) is 12.0 Å². The van der Waals surface area contributed by atoms with Crippen LogP contribution in [-0.4, -0.2) is 79.5 Å². The Morgan fingerprint density at radius 2 is 1.93 bits per heavy atom. The highest BCUT2D eigenvalue weighted by Crippen LogP contribution is 2.29. The Hall–Kier alpha value is -2.22. The fraction of sp³-hybridized carbons (Fsp3) is 0.727. The highest BCUT2D eigenvalue weighted by Gasteiger charge is 2.32. The van der Waals surface area contributed by atoms with Crippen LogP contribution in [0.15, 0.2) is 6.07 Å². The molecule has 0 radical (unpaired) electrons. The quantitative estimate of drug-likeness (QED) is 0.644. The molecule has 1 aromatic heterocycles. The van der Waals surface area contributed by atoms with Gasteiger partial charge in [-0.15, -0.1) is 0 Å². The van der Waals surface area contributed by atoms with Crippen LogP contribution in [-0.2, 0) is 20.9 Å². The summed E-state index contributed by atoms with van der Waals surface area (Å²) >= 11 is 0. The third kappa shape index (κ3) is 5.47. The molecule has 0 aromatic carbocycles. The summed E-state index contributed by atoms with van der Waals surface area (Å²) in [7, 11) is 7.37. The first kappa shape index (κ1) is 22.5. The van der Waals surface area contributed by atoms with E-state index in [1.165, 1.54) is 6.42 Å². The second-order valence-electron chi connectivity index (χ2n) is 8.72. The van der Waals surface area contributed by atoms with Crippen molar-refractivity contribution in [1.82, 2.24) is 19.8 Å². The summed E-state index contributed by atoms with van der Waals surface area (Å²) in [6, 6.07) is 1.96. The van der Waals surface area contributed by atoms with E-state index in [0.29, 0.717) is 38.5 Å². The molecule has 1 saturated carbocycles. The molecule has 2 aliphatic rings. The van der Waals surface area contributed by atoms with Crippen LogP contribution in [0, 0.1) is 5.92 Å². The average molecular weight is 418 g/mol. The van der Waals surface area contributed by atoms with Gasteiger partial charge in [0.25, 0.3) is 0 Å². The summed E-state index contributed by atoms with van der Waals surface area (Å²) in [6.07, 6.45) is 5.91. The molecule has 166 valence electrons. The largest absolute Gasteiger partial charge is 0.383 e. The number of nitrogens with zero attached hydrogens (tertiary/aromatic N) is 5. The summed E-state index contributed by atoms with van der Waals surface area (Å²) in [5.41, 5.74) is 0.871. The third-order valence-corrected chi connectivity index (χ3v) is 6.14. The number of ether oxygens (including phenoxy) is 1. The molecule has 8 heteroatoms. The van der Waals surface area contributed by atoms with Crippen LogP contribution in [0.4, 0.5) is 5.82 Å². The smallest absolute Gasteiger partial charge is 0.225 e. The zero-order valence-corrected chi connectivity index (χ0v) is 18.8. The van der Waals surface area contributed by atoms with Gasteiger partial charge < -0.3 is 19.4 Å². The van der Waals surface area contributed by atoms with E-state index in [-0.39, 0.29) is 23.7 Å². The molecule has 1 aliphatic heterocycles. The van der Waals surface area contributed by atoms with Gasteiger partial charge in [0.2, 0.25) is 11.8 Å². The van der Waals surface area contributed by atoms with E-state index in [2.05, 4.69) is 4.98 Å². The second kappa shape index (κ2) is 10.2. The van der Waals surface area contributed by atoms with Gasteiger partial charge in [0.15, 0.2) is 0 Å². The van der Waals surface area contributed by atoms with E-state index in [0.717, 1.165) is 37.2 Å². The molecule has 0 spiro atoms. The van der Waals surface area contributed by atoms with Crippen molar-refractivity contribution < 1.29 is 14.3 Å². The molecule has 1 saturated heterocycles. The van der Waals surface area contributed by atoms with Gasteiger partial charge in [-0.05, 0) is 12.8 Å². The lowest BCUT2D eigenvalue weighted by Crippen LogP contribution is -2.34. The zero-order chi connectivity index (χ0) is 21.7. The first-order chi connectivity index (χ1) is 14.4. The van der Waals surface area contributed by atoms with Crippen molar-refractivity contribution in [2.75, 3.05) is 52.8 Å². The van der Waals surface area contributed by atoms with Gasteiger partial charge >= 0.3 is 0 Å². The minimum atomic E-state index is 0.0363. The van der Waals surface area contributed by atoms with Crippen molar-refractivity contribution in [3.8, 4) is 0 Å². The van der Waals surface area contributed by atoms with Crippen LogP contribution < -0.4 is 4.90 Å². The molecule has 3 rings (SSSR count). The van der Waals surface area contributed by atoms with Crippen LogP contribution in [0.3, 0.4) is 0 Å². The number of anilines is 1. The maximum Gasteiger partial charge on any atom is 0.225 e. The fourth-order valence-electron chi connectivity index (χ4n) is 4.35. The first-order valence-electron chi connectivity index (χ1n) is 11.0. The molecule has 1 atom stereocenters. The van der Waals surface area contributed by atoms with Crippen LogP contribution in [0.1, 0.15) is 56.0 Å².